The molecular weight excluding hydrogens is 244 g/mol. The van der Waals surface area contributed by atoms with Crippen LogP contribution < -0.4 is 5.32 Å². The van der Waals surface area contributed by atoms with E-state index in [0.29, 0.717) is 0 Å². The summed E-state index contributed by atoms with van der Waals surface area (Å²) in [7, 11) is 0. The molecule has 0 radical (unpaired) electrons. The van der Waals surface area contributed by atoms with E-state index in [1.54, 1.807) is 0 Å². The largest absolute Gasteiger partial charge is 0.361 e. The van der Waals surface area contributed by atoms with E-state index in [9.17, 15) is 0 Å². The lowest BCUT2D eigenvalue weighted by Crippen LogP contribution is -2.27. The van der Waals surface area contributed by atoms with E-state index in [1.165, 1.54) is 36.6 Å². The average Bonchev–Trinajstić information content (AvgIpc) is 2.99. The van der Waals surface area contributed by atoms with E-state index in [4.69, 9.17) is 11.6 Å². The van der Waals surface area contributed by atoms with Crippen molar-refractivity contribution in [2.75, 3.05) is 6.54 Å². The lowest BCUT2D eigenvalue weighted by molar-refractivity contribution is 0.528. The summed E-state index contributed by atoms with van der Waals surface area (Å²) in [6, 6.07) is 6.82. The molecule has 1 aliphatic rings. The van der Waals surface area contributed by atoms with Gasteiger partial charge in [0.25, 0.3) is 0 Å². The van der Waals surface area contributed by atoms with Gasteiger partial charge in [0.1, 0.15) is 0 Å². The van der Waals surface area contributed by atoms with Crippen LogP contribution in [0.25, 0.3) is 10.9 Å². The molecule has 2 nitrogen and oxygen atoms in total. The quantitative estimate of drug-likeness (QED) is 0.859. The van der Waals surface area contributed by atoms with Crippen molar-refractivity contribution in [3.8, 4) is 0 Å². The molecular formula is C15H19ClN2. The van der Waals surface area contributed by atoms with Gasteiger partial charge in [-0.25, -0.2) is 0 Å². The maximum Gasteiger partial charge on any atom is 0.0471 e. The zero-order valence-electron chi connectivity index (χ0n) is 10.5. The van der Waals surface area contributed by atoms with Crippen LogP contribution in [0.1, 0.15) is 31.2 Å². The van der Waals surface area contributed by atoms with Crippen molar-refractivity contribution in [2.24, 2.45) is 0 Å². The van der Waals surface area contributed by atoms with Gasteiger partial charge in [0.2, 0.25) is 0 Å². The van der Waals surface area contributed by atoms with E-state index in [-0.39, 0.29) is 0 Å². The fourth-order valence-electron chi connectivity index (χ4n) is 2.91. The number of fused-ring (bicyclic) bond motifs is 1. The number of aromatic nitrogens is 1. The van der Waals surface area contributed by atoms with Crippen LogP contribution >= 0.6 is 11.6 Å². The Morgan fingerprint density at radius 3 is 2.94 bits per heavy atom. The van der Waals surface area contributed by atoms with Gasteiger partial charge in [-0.15, -0.1) is 0 Å². The molecule has 0 aliphatic heterocycles. The third-order valence-electron chi connectivity index (χ3n) is 3.91. The Morgan fingerprint density at radius 2 is 2.11 bits per heavy atom. The van der Waals surface area contributed by atoms with E-state index in [2.05, 4.69) is 22.6 Å². The molecule has 3 heteroatoms. The lowest BCUT2D eigenvalue weighted by Gasteiger charge is -2.10. The highest BCUT2D eigenvalue weighted by atomic mass is 35.5. The van der Waals surface area contributed by atoms with Gasteiger partial charge in [-0.3, -0.25) is 0 Å². The number of halogens is 1. The molecule has 3 rings (SSSR count). The Bertz CT molecular complexity index is 526. The molecule has 1 saturated carbocycles. The number of nitrogens with one attached hydrogen (secondary N) is 2. The SMILES string of the molecule is Clc1ccc2c(CCNC3CCCC3)c[nH]c2c1. The maximum absolute atomic E-state index is 5.99. The van der Waals surface area contributed by atoms with E-state index >= 15 is 0 Å². The second-order valence-corrected chi connectivity index (χ2v) is 5.63. The van der Waals surface area contributed by atoms with Gasteiger partial charge >= 0.3 is 0 Å². The molecule has 0 saturated heterocycles. The molecule has 96 valence electrons. The minimum atomic E-state index is 0.754. The maximum atomic E-state index is 5.99. The number of hydrogen-bond donors (Lipinski definition) is 2. The predicted octanol–water partition coefficient (Wildman–Crippen LogP) is 3.90. The van der Waals surface area contributed by atoms with Crippen LogP contribution in [-0.2, 0) is 6.42 Å². The predicted molar refractivity (Wildman–Crippen MR) is 77.3 cm³/mol. The van der Waals surface area contributed by atoms with Crippen molar-refractivity contribution in [1.82, 2.24) is 10.3 Å². The Balaban J connectivity index is 1.63. The Labute approximate surface area is 113 Å². The molecule has 0 spiro atoms. The lowest BCUT2D eigenvalue weighted by atomic mass is 10.1. The standard InChI is InChI=1S/C15H19ClN2/c16-12-5-6-14-11(10-18-15(14)9-12)7-8-17-13-3-1-2-4-13/h5-6,9-10,13,17-18H,1-4,7-8H2. The molecule has 1 heterocycles. The first kappa shape index (κ1) is 12.1. The van der Waals surface area contributed by atoms with Crippen LogP contribution in [-0.4, -0.2) is 17.6 Å². The molecule has 0 atom stereocenters. The molecule has 0 unspecified atom stereocenters. The fourth-order valence-corrected chi connectivity index (χ4v) is 3.08. The van der Waals surface area contributed by atoms with Gasteiger partial charge in [0.15, 0.2) is 0 Å². The second kappa shape index (κ2) is 5.33. The van der Waals surface area contributed by atoms with Crippen LogP contribution in [0.2, 0.25) is 5.02 Å². The summed E-state index contributed by atoms with van der Waals surface area (Å²) in [6.07, 6.45) is 8.68. The van der Waals surface area contributed by atoms with Crippen molar-refractivity contribution in [2.45, 2.75) is 38.1 Å². The number of aromatic amines is 1. The summed E-state index contributed by atoms with van der Waals surface area (Å²) in [6.45, 7) is 1.07. The number of rotatable bonds is 4. The van der Waals surface area contributed by atoms with Crippen LogP contribution in [0.15, 0.2) is 24.4 Å². The molecule has 1 fully saturated rings. The van der Waals surface area contributed by atoms with Gasteiger partial charge in [0, 0.05) is 28.2 Å². The van der Waals surface area contributed by atoms with Crippen molar-refractivity contribution in [3.05, 3.63) is 35.0 Å². The highest BCUT2D eigenvalue weighted by Crippen LogP contribution is 2.22. The zero-order chi connectivity index (χ0) is 12.4. The average molecular weight is 263 g/mol. The fraction of sp³-hybridized carbons (Fsp3) is 0.467. The molecule has 0 bridgehead atoms. The molecule has 0 amide bonds. The molecule has 1 aromatic heterocycles. The van der Waals surface area contributed by atoms with E-state index in [1.807, 2.05) is 12.1 Å². The van der Waals surface area contributed by atoms with Crippen molar-refractivity contribution in [3.63, 3.8) is 0 Å². The normalized spacial score (nSPS) is 16.7. The highest BCUT2D eigenvalue weighted by Gasteiger charge is 2.13. The van der Waals surface area contributed by atoms with Crippen molar-refractivity contribution in [1.29, 1.82) is 0 Å². The summed E-state index contributed by atoms with van der Waals surface area (Å²) < 4.78 is 0. The Kier molecular flexibility index (Phi) is 3.57. The van der Waals surface area contributed by atoms with Gasteiger partial charge < -0.3 is 10.3 Å². The first-order valence-corrected chi connectivity index (χ1v) is 7.19. The zero-order valence-corrected chi connectivity index (χ0v) is 11.3. The smallest absolute Gasteiger partial charge is 0.0471 e. The third kappa shape index (κ3) is 2.55. The van der Waals surface area contributed by atoms with Crippen LogP contribution in [0.5, 0.6) is 0 Å². The number of benzene rings is 1. The second-order valence-electron chi connectivity index (χ2n) is 5.19. The number of hydrogen-bond acceptors (Lipinski definition) is 1. The first-order valence-electron chi connectivity index (χ1n) is 6.82. The van der Waals surface area contributed by atoms with Crippen molar-refractivity contribution < 1.29 is 0 Å². The van der Waals surface area contributed by atoms with E-state index < -0.39 is 0 Å². The Morgan fingerprint density at radius 1 is 1.28 bits per heavy atom. The van der Waals surface area contributed by atoms with E-state index in [0.717, 1.165) is 29.5 Å². The van der Waals surface area contributed by atoms with Gasteiger partial charge in [0.05, 0.1) is 0 Å². The first-order chi connectivity index (χ1) is 8.83. The summed E-state index contributed by atoms with van der Waals surface area (Å²) in [5.41, 5.74) is 2.52. The summed E-state index contributed by atoms with van der Waals surface area (Å²) in [4.78, 5) is 3.30. The topological polar surface area (TPSA) is 27.8 Å². The molecule has 2 N–H and O–H groups in total. The molecule has 18 heavy (non-hydrogen) atoms. The van der Waals surface area contributed by atoms with Crippen LogP contribution in [0, 0.1) is 0 Å². The molecule has 1 aromatic carbocycles. The highest BCUT2D eigenvalue weighted by molar-refractivity contribution is 6.31. The van der Waals surface area contributed by atoms with Gasteiger partial charge in [-0.1, -0.05) is 30.5 Å². The monoisotopic (exact) mass is 262 g/mol. The molecule has 2 aromatic rings. The summed E-state index contributed by atoms with van der Waals surface area (Å²) >= 11 is 5.99. The van der Waals surface area contributed by atoms with Gasteiger partial charge in [-0.2, -0.15) is 0 Å². The Hall–Kier alpha value is -0.990. The van der Waals surface area contributed by atoms with Crippen molar-refractivity contribution >= 4 is 22.5 Å². The minimum absolute atomic E-state index is 0.754. The summed E-state index contributed by atoms with van der Waals surface area (Å²) in [5.74, 6) is 0. The minimum Gasteiger partial charge on any atom is -0.361 e. The number of H-pyrrole nitrogens is 1. The molecule has 1 aliphatic carbocycles. The van der Waals surface area contributed by atoms with Gasteiger partial charge in [-0.05, 0) is 43.5 Å². The van der Waals surface area contributed by atoms with Crippen LogP contribution in [0.4, 0.5) is 0 Å². The third-order valence-corrected chi connectivity index (χ3v) is 4.15. The van der Waals surface area contributed by atoms with Crippen LogP contribution in [0.3, 0.4) is 0 Å². The summed E-state index contributed by atoms with van der Waals surface area (Å²) in [5, 5.41) is 5.75.